The molecule has 4 nitrogen and oxygen atoms in total. The van der Waals surface area contributed by atoms with Gasteiger partial charge in [0.15, 0.2) is 5.82 Å². The Hall–Kier alpha value is -1.55. The van der Waals surface area contributed by atoms with E-state index < -0.39 is 0 Å². The molecule has 0 unspecified atom stereocenters. The zero-order valence-corrected chi connectivity index (χ0v) is 9.07. The Kier molecular flexibility index (Phi) is 2.60. The SMILES string of the molecule is CCn1nnc(N)c1-c1ccc(Cl)cc1. The molecule has 2 rings (SSSR count). The maximum atomic E-state index is 5.82. The van der Waals surface area contributed by atoms with Gasteiger partial charge in [0.05, 0.1) is 0 Å². The zero-order valence-electron chi connectivity index (χ0n) is 8.31. The van der Waals surface area contributed by atoms with Crippen molar-refractivity contribution in [2.75, 3.05) is 5.73 Å². The van der Waals surface area contributed by atoms with Crippen LogP contribution in [0.4, 0.5) is 5.82 Å². The second kappa shape index (κ2) is 3.90. The van der Waals surface area contributed by atoms with Gasteiger partial charge in [-0.3, -0.25) is 0 Å². The van der Waals surface area contributed by atoms with Gasteiger partial charge in [0, 0.05) is 17.1 Å². The minimum absolute atomic E-state index is 0.444. The summed E-state index contributed by atoms with van der Waals surface area (Å²) in [7, 11) is 0. The van der Waals surface area contributed by atoms with E-state index in [9.17, 15) is 0 Å². The Morgan fingerprint density at radius 3 is 2.60 bits per heavy atom. The first-order valence-electron chi connectivity index (χ1n) is 4.67. The number of aryl methyl sites for hydroxylation is 1. The fraction of sp³-hybridized carbons (Fsp3) is 0.200. The van der Waals surface area contributed by atoms with Crippen molar-refractivity contribution < 1.29 is 0 Å². The largest absolute Gasteiger partial charge is 0.380 e. The van der Waals surface area contributed by atoms with Crippen molar-refractivity contribution in [2.45, 2.75) is 13.5 Å². The molecule has 0 bridgehead atoms. The summed E-state index contributed by atoms with van der Waals surface area (Å²) in [6.07, 6.45) is 0. The van der Waals surface area contributed by atoms with Crippen LogP contribution >= 0.6 is 11.6 Å². The number of hydrogen-bond donors (Lipinski definition) is 1. The summed E-state index contributed by atoms with van der Waals surface area (Å²) in [6, 6.07) is 7.46. The second-order valence-corrected chi connectivity index (χ2v) is 3.58. The number of anilines is 1. The minimum Gasteiger partial charge on any atom is -0.380 e. The van der Waals surface area contributed by atoms with Crippen LogP contribution in [-0.4, -0.2) is 15.0 Å². The van der Waals surface area contributed by atoms with Crippen LogP contribution in [0.1, 0.15) is 6.92 Å². The van der Waals surface area contributed by atoms with Crippen LogP contribution in [-0.2, 0) is 6.54 Å². The van der Waals surface area contributed by atoms with Gasteiger partial charge in [0.1, 0.15) is 5.69 Å². The molecule has 0 saturated heterocycles. The molecule has 1 aromatic carbocycles. The van der Waals surface area contributed by atoms with Gasteiger partial charge in [0.2, 0.25) is 0 Å². The monoisotopic (exact) mass is 222 g/mol. The molecule has 15 heavy (non-hydrogen) atoms. The lowest BCUT2D eigenvalue weighted by molar-refractivity contribution is 0.633. The number of nitrogens with zero attached hydrogens (tertiary/aromatic N) is 3. The van der Waals surface area contributed by atoms with E-state index in [1.807, 2.05) is 31.2 Å². The third-order valence-electron chi connectivity index (χ3n) is 2.18. The first-order valence-corrected chi connectivity index (χ1v) is 5.05. The molecule has 0 radical (unpaired) electrons. The Labute approximate surface area is 92.7 Å². The van der Waals surface area contributed by atoms with Gasteiger partial charge in [-0.2, -0.15) is 0 Å². The molecule has 0 spiro atoms. The summed E-state index contributed by atoms with van der Waals surface area (Å²) >= 11 is 5.82. The molecule has 1 aromatic heterocycles. The molecule has 0 amide bonds. The number of benzene rings is 1. The zero-order chi connectivity index (χ0) is 10.8. The fourth-order valence-corrected chi connectivity index (χ4v) is 1.58. The number of rotatable bonds is 2. The summed E-state index contributed by atoms with van der Waals surface area (Å²) in [5.41, 5.74) is 7.58. The van der Waals surface area contributed by atoms with E-state index in [1.54, 1.807) is 4.68 Å². The Balaban J connectivity index is 2.52. The van der Waals surface area contributed by atoms with Crippen LogP contribution in [0.2, 0.25) is 5.02 Å². The van der Waals surface area contributed by atoms with Crippen molar-refractivity contribution in [1.29, 1.82) is 0 Å². The van der Waals surface area contributed by atoms with Gasteiger partial charge in [0.25, 0.3) is 0 Å². The molecule has 0 aliphatic rings. The van der Waals surface area contributed by atoms with Crippen LogP contribution in [0, 0.1) is 0 Å². The summed E-state index contributed by atoms with van der Waals surface area (Å²) in [5.74, 6) is 0.444. The lowest BCUT2D eigenvalue weighted by Crippen LogP contribution is -2.00. The quantitative estimate of drug-likeness (QED) is 0.848. The molecule has 78 valence electrons. The van der Waals surface area contributed by atoms with Crippen LogP contribution in [0.3, 0.4) is 0 Å². The number of nitrogen functional groups attached to an aromatic ring is 1. The highest BCUT2D eigenvalue weighted by atomic mass is 35.5. The van der Waals surface area contributed by atoms with Crippen LogP contribution < -0.4 is 5.73 Å². The molecular formula is C10H11ClN4. The van der Waals surface area contributed by atoms with E-state index in [4.69, 9.17) is 17.3 Å². The summed E-state index contributed by atoms with van der Waals surface area (Å²) in [5, 5.41) is 8.49. The van der Waals surface area contributed by atoms with E-state index in [-0.39, 0.29) is 0 Å². The molecule has 0 atom stereocenters. The minimum atomic E-state index is 0.444. The second-order valence-electron chi connectivity index (χ2n) is 3.15. The normalized spacial score (nSPS) is 10.5. The van der Waals surface area contributed by atoms with Gasteiger partial charge in [-0.25, -0.2) is 4.68 Å². The highest BCUT2D eigenvalue weighted by Gasteiger charge is 2.10. The van der Waals surface area contributed by atoms with Gasteiger partial charge in [-0.05, 0) is 19.1 Å². The average molecular weight is 223 g/mol. The standard InChI is InChI=1S/C10H11ClN4/c1-2-15-9(10(12)13-14-15)7-3-5-8(11)6-4-7/h3-6H,2,12H2,1H3. The van der Waals surface area contributed by atoms with E-state index in [0.717, 1.165) is 17.8 Å². The smallest absolute Gasteiger partial charge is 0.174 e. The van der Waals surface area contributed by atoms with E-state index >= 15 is 0 Å². The first-order chi connectivity index (χ1) is 7.22. The average Bonchev–Trinajstić information content (AvgIpc) is 2.61. The lowest BCUT2D eigenvalue weighted by Gasteiger charge is -2.04. The van der Waals surface area contributed by atoms with Crippen LogP contribution in [0.15, 0.2) is 24.3 Å². The topological polar surface area (TPSA) is 56.7 Å². The highest BCUT2D eigenvalue weighted by Crippen LogP contribution is 2.25. The molecule has 2 N–H and O–H groups in total. The lowest BCUT2D eigenvalue weighted by atomic mass is 10.1. The maximum absolute atomic E-state index is 5.82. The third-order valence-corrected chi connectivity index (χ3v) is 2.43. The Morgan fingerprint density at radius 1 is 1.33 bits per heavy atom. The highest BCUT2D eigenvalue weighted by molar-refractivity contribution is 6.30. The molecule has 0 aliphatic carbocycles. The first kappa shape index (κ1) is 9.98. The molecule has 5 heteroatoms. The van der Waals surface area contributed by atoms with Gasteiger partial charge >= 0.3 is 0 Å². The van der Waals surface area contributed by atoms with Gasteiger partial charge in [-0.15, -0.1) is 5.10 Å². The summed E-state index contributed by atoms with van der Waals surface area (Å²) in [6.45, 7) is 2.73. The van der Waals surface area contributed by atoms with Crippen molar-refractivity contribution in [3.8, 4) is 11.3 Å². The Bertz CT molecular complexity index is 461. The van der Waals surface area contributed by atoms with E-state index in [0.29, 0.717) is 10.8 Å². The Morgan fingerprint density at radius 2 is 2.00 bits per heavy atom. The van der Waals surface area contributed by atoms with E-state index in [1.165, 1.54) is 0 Å². The molecule has 1 heterocycles. The number of nitrogens with two attached hydrogens (primary N) is 1. The van der Waals surface area contributed by atoms with Crippen molar-refractivity contribution in [3.63, 3.8) is 0 Å². The van der Waals surface area contributed by atoms with E-state index in [2.05, 4.69) is 10.3 Å². The van der Waals surface area contributed by atoms with Crippen molar-refractivity contribution in [2.24, 2.45) is 0 Å². The predicted molar refractivity (Wildman–Crippen MR) is 60.6 cm³/mol. The number of halogens is 1. The summed E-state index contributed by atoms with van der Waals surface area (Å²) in [4.78, 5) is 0. The molecule has 0 aliphatic heterocycles. The van der Waals surface area contributed by atoms with Crippen LogP contribution in [0.5, 0.6) is 0 Å². The fourth-order valence-electron chi connectivity index (χ4n) is 1.45. The van der Waals surface area contributed by atoms with Crippen LogP contribution in [0.25, 0.3) is 11.3 Å². The van der Waals surface area contributed by atoms with Crippen molar-refractivity contribution in [3.05, 3.63) is 29.3 Å². The van der Waals surface area contributed by atoms with Gasteiger partial charge in [-0.1, -0.05) is 28.9 Å². The number of aromatic nitrogens is 3. The third kappa shape index (κ3) is 1.80. The molecule has 2 aromatic rings. The molecule has 0 saturated carbocycles. The van der Waals surface area contributed by atoms with Crippen molar-refractivity contribution in [1.82, 2.24) is 15.0 Å². The maximum Gasteiger partial charge on any atom is 0.174 e. The molecule has 0 fully saturated rings. The summed E-state index contributed by atoms with van der Waals surface area (Å²) < 4.78 is 1.76. The predicted octanol–water partition coefficient (Wildman–Crippen LogP) is 2.20. The van der Waals surface area contributed by atoms with Gasteiger partial charge < -0.3 is 5.73 Å². The number of hydrogen-bond acceptors (Lipinski definition) is 3. The molecular weight excluding hydrogens is 212 g/mol. The van der Waals surface area contributed by atoms with Crippen molar-refractivity contribution >= 4 is 17.4 Å².